The van der Waals surface area contributed by atoms with Crippen molar-refractivity contribution in [3.8, 4) is 0 Å². The van der Waals surface area contributed by atoms with Crippen molar-refractivity contribution in [1.82, 2.24) is 10.2 Å². The standard InChI is InChI=1S/C3H5N3O/c4-1-3-6-5-2-7-3/h2H,1,4H2. The van der Waals surface area contributed by atoms with Crippen molar-refractivity contribution in [3.05, 3.63) is 12.3 Å². The molecule has 38 valence electrons. The normalized spacial score (nSPS) is 9.29. The van der Waals surface area contributed by atoms with Crippen LogP contribution < -0.4 is 5.73 Å². The average Bonchev–Trinajstić information content (AvgIpc) is 2.14. The molecule has 0 aliphatic carbocycles. The second-order valence-corrected chi connectivity index (χ2v) is 1.04. The Morgan fingerprint density at radius 2 is 2.71 bits per heavy atom. The predicted molar refractivity (Wildman–Crippen MR) is 22.2 cm³/mol. The Balaban J connectivity index is 2.76. The van der Waals surface area contributed by atoms with Gasteiger partial charge >= 0.3 is 0 Å². The largest absolute Gasteiger partial charge is 0.427 e. The molecule has 0 fully saturated rings. The Bertz CT molecular complexity index is 125. The van der Waals surface area contributed by atoms with Gasteiger partial charge in [0.1, 0.15) is 0 Å². The molecule has 0 radical (unpaired) electrons. The highest BCUT2D eigenvalue weighted by atomic mass is 16.4. The molecule has 1 aromatic rings. The van der Waals surface area contributed by atoms with Gasteiger partial charge in [-0.2, -0.15) is 0 Å². The first-order chi connectivity index (χ1) is 3.43. The Hall–Kier alpha value is -0.900. The zero-order valence-electron chi connectivity index (χ0n) is 3.66. The van der Waals surface area contributed by atoms with Crippen LogP contribution in [0.3, 0.4) is 0 Å². The molecule has 0 aliphatic heterocycles. The van der Waals surface area contributed by atoms with E-state index in [4.69, 9.17) is 5.73 Å². The molecule has 0 aromatic carbocycles. The minimum Gasteiger partial charge on any atom is -0.427 e. The minimum atomic E-state index is 0.319. The fraction of sp³-hybridized carbons (Fsp3) is 0.333. The van der Waals surface area contributed by atoms with Gasteiger partial charge in [-0.05, 0) is 0 Å². The van der Waals surface area contributed by atoms with Crippen LogP contribution in [0.2, 0.25) is 0 Å². The monoisotopic (exact) mass is 99.0 g/mol. The van der Waals surface area contributed by atoms with E-state index in [2.05, 4.69) is 14.6 Å². The van der Waals surface area contributed by atoms with Gasteiger partial charge in [0, 0.05) is 0 Å². The van der Waals surface area contributed by atoms with Crippen molar-refractivity contribution < 1.29 is 4.42 Å². The van der Waals surface area contributed by atoms with Crippen LogP contribution in [0.5, 0.6) is 0 Å². The van der Waals surface area contributed by atoms with E-state index in [1.807, 2.05) is 0 Å². The molecule has 0 unspecified atom stereocenters. The van der Waals surface area contributed by atoms with Crippen molar-refractivity contribution in [2.45, 2.75) is 6.54 Å². The summed E-state index contributed by atoms with van der Waals surface area (Å²) in [5.74, 6) is 0.472. The molecule has 7 heavy (non-hydrogen) atoms. The number of nitrogens with zero attached hydrogens (tertiary/aromatic N) is 2. The van der Waals surface area contributed by atoms with Gasteiger partial charge in [-0.3, -0.25) is 0 Å². The van der Waals surface area contributed by atoms with Gasteiger partial charge < -0.3 is 10.2 Å². The van der Waals surface area contributed by atoms with Crippen LogP contribution in [-0.2, 0) is 6.54 Å². The molecule has 0 atom stereocenters. The molecule has 2 N–H and O–H groups in total. The van der Waals surface area contributed by atoms with E-state index in [1.165, 1.54) is 6.39 Å². The van der Waals surface area contributed by atoms with Crippen LogP contribution in [-0.4, -0.2) is 10.2 Å². The molecule has 0 saturated carbocycles. The summed E-state index contributed by atoms with van der Waals surface area (Å²) >= 11 is 0. The van der Waals surface area contributed by atoms with Gasteiger partial charge in [0.05, 0.1) is 6.54 Å². The van der Waals surface area contributed by atoms with E-state index >= 15 is 0 Å². The molecular weight excluding hydrogens is 94.1 g/mol. The molecule has 1 heterocycles. The first-order valence-corrected chi connectivity index (χ1v) is 1.88. The summed E-state index contributed by atoms with van der Waals surface area (Å²) in [7, 11) is 0. The highest BCUT2D eigenvalue weighted by Gasteiger charge is 1.88. The molecule has 0 spiro atoms. The third-order valence-corrected chi connectivity index (χ3v) is 0.580. The summed E-state index contributed by atoms with van der Waals surface area (Å²) < 4.78 is 4.64. The molecule has 1 rings (SSSR count). The topological polar surface area (TPSA) is 64.9 Å². The maximum atomic E-state index is 5.10. The summed E-state index contributed by atoms with van der Waals surface area (Å²) in [4.78, 5) is 0. The van der Waals surface area contributed by atoms with Crippen LogP contribution in [0.15, 0.2) is 10.8 Å². The number of hydrogen-bond donors (Lipinski definition) is 1. The number of rotatable bonds is 1. The fourth-order valence-electron chi connectivity index (χ4n) is 0.285. The highest BCUT2D eigenvalue weighted by Crippen LogP contribution is 1.84. The van der Waals surface area contributed by atoms with E-state index < -0.39 is 0 Å². The molecule has 0 aliphatic rings. The third kappa shape index (κ3) is 0.747. The second-order valence-electron chi connectivity index (χ2n) is 1.04. The predicted octanol–water partition coefficient (Wildman–Crippen LogP) is -0.472. The maximum absolute atomic E-state index is 5.10. The van der Waals surface area contributed by atoms with Gasteiger partial charge in [-0.1, -0.05) is 0 Å². The lowest BCUT2D eigenvalue weighted by Gasteiger charge is -1.75. The van der Waals surface area contributed by atoms with Crippen LogP contribution in [0.25, 0.3) is 0 Å². The first kappa shape index (κ1) is 4.26. The summed E-state index contributed by atoms with van der Waals surface area (Å²) in [6.45, 7) is 0.319. The van der Waals surface area contributed by atoms with Crippen LogP contribution >= 0.6 is 0 Å². The Morgan fingerprint density at radius 1 is 1.86 bits per heavy atom. The quantitative estimate of drug-likeness (QED) is 0.516. The number of nitrogens with two attached hydrogens (primary N) is 1. The SMILES string of the molecule is NCc1nnco1. The number of hydrogen-bond acceptors (Lipinski definition) is 4. The summed E-state index contributed by atoms with van der Waals surface area (Å²) in [5, 5.41) is 6.89. The Morgan fingerprint density at radius 3 is 3.00 bits per heavy atom. The Labute approximate surface area is 40.3 Å². The van der Waals surface area contributed by atoms with Crippen molar-refractivity contribution in [1.29, 1.82) is 0 Å². The average molecular weight is 99.1 g/mol. The fourth-order valence-corrected chi connectivity index (χ4v) is 0.285. The second kappa shape index (κ2) is 1.70. The van der Waals surface area contributed by atoms with E-state index in [9.17, 15) is 0 Å². The number of aromatic nitrogens is 2. The van der Waals surface area contributed by atoms with E-state index in [0.717, 1.165) is 0 Å². The maximum Gasteiger partial charge on any atom is 0.229 e. The van der Waals surface area contributed by atoms with E-state index in [1.54, 1.807) is 0 Å². The van der Waals surface area contributed by atoms with Gasteiger partial charge in [-0.25, -0.2) is 0 Å². The van der Waals surface area contributed by atoms with Crippen molar-refractivity contribution in [2.75, 3.05) is 0 Å². The lowest BCUT2D eigenvalue weighted by molar-refractivity contribution is 0.496. The molecule has 4 nitrogen and oxygen atoms in total. The van der Waals surface area contributed by atoms with Crippen molar-refractivity contribution in [3.63, 3.8) is 0 Å². The lowest BCUT2D eigenvalue weighted by atomic mass is 10.7. The molecule has 0 amide bonds. The molecular formula is C3H5N3O. The first-order valence-electron chi connectivity index (χ1n) is 1.88. The molecule has 0 saturated heterocycles. The summed E-state index contributed by atoms with van der Waals surface area (Å²) in [6, 6.07) is 0. The molecule has 4 heteroatoms. The van der Waals surface area contributed by atoms with Gasteiger partial charge in [0.2, 0.25) is 12.3 Å². The summed E-state index contributed by atoms with van der Waals surface area (Å²) in [6.07, 6.45) is 1.25. The van der Waals surface area contributed by atoms with Crippen molar-refractivity contribution >= 4 is 0 Å². The lowest BCUT2D eigenvalue weighted by Crippen LogP contribution is -1.95. The minimum absolute atomic E-state index is 0.319. The summed E-state index contributed by atoms with van der Waals surface area (Å²) in [5.41, 5.74) is 5.10. The van der Waals surface area contributed by atoms with Gasteiger partial charge in [-0.15, -0.1) is 10.2 Å². The highest BCUT2D eigenvalue weighted by molar-refractivity contribution is 4.67. The van der Waals surface area contributed by atoms with Gasteiger partial charge in [0.15, 0.2) is 0 Å². The van der Waals surface area contributed by atoms with E-state index in [0.29, 0.717) is 12.4 Å². The van der Waals surface area contributed by atoms with E-state index in [-0.39, 0.29) is 0 Å². The third-order valence-electron chi connectivity index (χ3n) is 0.580. The zero-order valence-corrected chi connectivity index (χ0v) is 3.66. The van der Waals surface area contributed by atoms with Crippen LogP contribution in [0.1, 0.15) is 5.89 Å². The molecule has 0 bridgehead atoms. The van der Waals surface area contributed by atoms with Gasteiger partial charge in [0.25, 0.3) is 0 Å². The van der Waals surface area contributed by atoms with Crippen molar-refractivity contribution in [2.24, 2.45) is 5.73 Å². The smallest absolute Gasteiger partial charge is 0.229 e. The molecule has 1 aromatic heterocycles. The zero-order chi connectivity index (χ0) is 5.11. The van der Waals surface area contributed by atoms with Crippen LogP contribution in [0.4, 0.5) is 0 Å². The Kier molecular flexibility index (Phi) is 1.04. The van der Waals surface area contributed by atoms with Crippen LogP contribution in [0, 0.1) is 0 Å².